The number of benzene rings is 2. The van der Waals surface area contributed by atoms with Gasteiger partial charge >= 0.3 is 0 Å². The van der Waals surface area contributed by atoms with E-state index in [0.717, 1.165) is 17.1 Å². The molecule has 0 radical (unpaired) electrons. The molecule has 0 amide bonds. The largest absolute Gasteiger partial charge is 0.493 e. The highest BCUT2D eigenvalue weighted by Crippen LogP contribution is 2.45. The molecule has 1 unspecified atom stereocenters. The van der Waals surface area contributed by atoms with E-state index in [4.69, 9.17) is 14.6 Å². The van der Waals surface area contributed by atoms with Gasteiger partial charge in [0.15, 0.2) is 11.5 Å². The molecule has 0 saturated heterocycles. The van der Waals surface area contributed by atoms with Gasteiger partial charge in [-0.05, 0) is 47.5 Å². The first-order valence-corrected chi connectivity index (χ1v) is 10.0. The summed E-state index contributed by atoms with van der Waals surface area (Å²) in [7, 11) is 5.08. The molecule has 0 fully saturated rings. The van der Waals surface area contributed by atoms with Crippen LogP contribution in [-0.2, 0) is 6.61 Å². The van der Waals surface area contributed by atoms with Crippen LogP contribution in [0.3, 0.4) is 0 Å². The lowest BCUT2D eigenvalue weighted by Crippen LogP contribution is -2.02. The van der Waals surface area contributed by atoms with E-state index in [-0.39, 0.29) is 12.0 Å². The topological polar surface area (TPSA) is 75.6 Å². The van der Waals surface area contributed by atoms with E-state index in [0.29, 0.717) is 11.5 Å². The fraction of sp³-hybridized carbons (Fsp3) is 0.227. The Kier molecular flexibility index (Phi) is 7.21. The molecule has 29 heavy (non-hydrogen) atoms. The zero-order chi connectivity index (χ0) is 20.6. The number of pyridine rings is 1. The number of rotatable bonds is 5. The standard InChI is InChI=1S/C13H13N3S.C9H12O3/c1-14-10-6-4-9(5-7-10)13-16-12-11(17-13)3-2-8-15-12;1-11-8-4-3-7(6-10)5-9(8)12-2/h2-8,13-14H,1H3,(H,15,16);3-5,10H,6H2,1-2H3. The number of hydrogen-bond donors (Lipinski definition) is 3. The second-order valence-corrected chi connectivity index (χ2v) is 7.36. The van der Waals surface area contributed by atoms with E-state index < -0.39 is 0 Å². The van der Waals surface area contributed by atoms with E-state index in [1.54, 1.807) is 32.4 Å². The van der Waals surface area contributed by atoms with Crippen molar-refractivity contribution in [3.05, 3.63) is 71.9 Å². The summed E-state index contributed by atoms with van der Waals surface area (Å²) in [5, 5.41) is 15.6. The number of aliphatic hydroxyl groups is 1. The summed E-state index contributed by atoms with van der Waals surface area (Å²) in [5.41, 5.74) is 3.21. The molecule has 3 aromatic rings. The maximum atomic E-state index is 8.82. The van der Waals surface area contributed by atoms with E-state index in [2.05, 4.69) is 45.9 Å². The summed E-state index contributed by atoms with van der Waals surface area (Å²) in [6, 6.07) is 17.8. The van der Waals surface area contributed by atoms with Crippen molar-refractivity contribution in [3.8, 4) is 11.5 Å². The summed E-state index contributed by atoms with van der Waals surface area (Å²) in [4.78, 5) is 5.54. The molecule has 3 N–H and O–H groups in total. The molecule has 0 aliphatic carbocycles. The first-order chi connectivity index (χ1) is 14.2. The van der Waals surface area contributed by atoms with Gasteiger partial charge in [0.2, 0.25) is 0 Å². The SMILES string of the molecule is CNc1ccc(C2Nc3ncccc3S2)cc1.COc1ccc(CO)cc1OC. The summed E-state index contributed by atoms with van der Waals surface area (Å²) >= 11 is 1.81. The molecule has 1 atom stereocenters. The third-order valence-electron chi connectivity index (χ3n) is 4.42. The Morgan fingerprint density at radius 3 is 2.45 bits per heavy atom. The maximum absolute atomic E-state index is 8.82. The predicted octanol–water partition coefficient (Wildman–Crippen LogP) is 4.54. The van der Waals surface area contributed by atoms with Crippen LogP contribution in [0.25, 0.3) is 0 Å². The Labute approximate surface area is 175 Å². The zero-order valence-corrected chi connectivity index (χ0v) is 17.5. The minimum absolute atomic E-state index is 0.0142. The Balaban J connectivity index is 0.000000177. The molecule has 0 saturated carbocycles. The maximum Gasteiger partial charge on any atom is 0.161 e. The highest BCUT2D eigenvalue weighted by molar-refractivity contribution is 8.00. The van der Waals surface area contributed by atoms with E-state index in [9.17, 15) is 0 Å². The molecule has 1 aliphatic rings. The Bertz CT molecular complexity index is 910. The third-order valence-corrected chi connectivity index (χ3v) is 5.63. The van der Waals surface area contributed by atoms with E-state index in [1.807, 2.05) is 31.1 Å². The van der Waals surface area contributed by atoms with Crippen LogP contribution in [0.2, 0.25) is 0 Å². The number of aliphatic hydroxyl groups excluding tert-OH is 1. The molecule has 0 bridgehead atoms. The molecule has 152 valence electrons. The molecule has 7 heteroatoms. The van der Waals surface area contributed by atoms with Crippen LogP contribution in [0, 0.1) is 0 Å². The van der Waals surface area contributed by atoms with Crippen molar-refractivity contribution in [3.63, 3.8) is 0 Å². The van der Waals surface area contributed by atoms with Crippen molar-refractivity contribution in [1.82, 2.24) is 4.98 Å². The molecule has 6 nitrogen and oxygen atoms in total. The number of aromatic nitrogens is 1. The van der Waals surface area contributed by atoms with Gasteiger partial charge < -0.3 is 25.2 Å². The normalized spacial score (nSPS) is 14.1. The second-order valence-electron chi connectivity index (χ2n) is 6.21. The fourth-order valence-corrected chi connectivity index (χ4v) is 3.93. The summed E-state index contributed by atoms with van der Waals surface area (Å²) in [5.74, 6) is 2.30. The molecule has 2 aromatic carbocycles. The molecular weight excluding hydrogens is 386 g/mol. The summed E-state index contributed by atoms with van der Waals surface area (Å²) in [6.45, 7) is 0.0142. The molecular formula is C22H25N3O3S. The van der Waals surface area contributed by atoms with Gasteiger partial charge in [0, 0.05) is 18.9 Å². The number of nitrogens with one attached hydrogen (secondary N) is 2. The van der Waals surface area contributed by atoms with Crippen molar-refractivity contribution in [2.24, 2.45) is 0 Å². The predicted molar refractivity (Wildman–Crippen MR) is 118 cm³/mol. The number of ether oxygens (including phenoxy) is 2. The molecule has 0 spiro atoms. The second kappa shape index (κ2) is 10.0. The number of anilines is 2. The number of thioether (sulfide) groups is 1. The first-order valence-electron chi connectivity index (χ1n) is 9.16. The van der Waals surface area contributed by atoms with Crippen molar-refractivity contribution in [2.45, 2.75) is 16.9 Å². The Morgan fingerprint density at radius 1 is 1.07 bits per heavy atom. The van der Waals surface area contributed by atoms with Crippen molar-refractivity contribution in [1.29, 1.82) is 0 Å². The number of fused-ring (bicyclic) bond motifs is 1. The van der Waals surface area contributed by atoms with Gasteiger partial charge in [0.1, 0.15) is 11.2 Å². The van der Waals surface area contributed by atoms with Gasteiger partial charge in [-0.3, -0.25) is 0 Å². The zero-order valence-electron chi connectivity index (χ0n) is 16.7. The van der Waals surface area contributed by atoms with Crippen LogP contribution in [0.4, 0.5) is 11.5 Å². The molecule has 2 heterocycles. The molecule has 4 rings (SSSR count). The van der Waals surface area contributed by atoms with E-state index in [1.165, 1.54) is 10.5 Å². The van der Waals surface area contributed by atoms with Crippen LogP contribution in [0.1, 0.15) is 16.5 Å². The van der Waals surface area contributed by atoms with Gasteiger partial charge in [-0.2, -0.15) is 0 Å². The Morgan fingerprint density at radius 2 is 1.83 bits per heavy atom. The van der Waals surface area contributed by atoms with Gasteiger partial charge in [-0.15, -0.1) is 0 Å². The van der Waals surface area contributed by atoms with Crippen molar-refractivity contribution < 1.29 is 14.6 Å². The average molecular weight is 412 g/mol. The van der Waals surface area contributed by atoms with Crippen molar-refractivity contribution >= 4 is 23.3 Å². The number of nitrogens with zero attached hydrogens (tertiary/aromatic N) is 1. The lowest BCUT2D eigenvalue weighted by atomic mass is 10.2. The van der Waals surface area contributed by atoms with Gasteiger partial charge in [0.05, 0.1) is 25.7 Å². The average Bonchev–Trinajstić information content (AvgIpc) is 3.23. The monoisotopic (exact) mass is 411 g/mol. The fourth-order valence-electron chi connectivity index (χ4n) is 2.83. The summed E-state index contributed by atoms with van der Waals surface area (Å²) in [6.07, 6.45) is 1.82. The van der Waals surface area contributed by atoms with Crippen LogP contribution in [0.15, 0.2) is 65.7 Å². The van der Waals surface area contributed by atoms with Gasteiger partial charge in [-0.1, -0.05) is 30.0 Å². The lowest BCUT2D eigenvalue weighted by Gasteiger charge is -2.11. The highest BCUT2D eigenvalue weighted by Gasteiger charge is 2.23. The Hall–Kier alpha value is -2.90. The van der Waals surface area contributed by atoms with Crippen LogP contribution in [0.5, 0.6) is 11.5 Å². The number of methoxy groups -OCH3 is 2. The lowest BCUT2D eigenvalue weighted by molar-refractivity contribution is 0.280. The third kappa shape index (κ3) is 5.13. The van der Waals surface area contributed by atoms with E-state index >= 15 is 0 Å². The highest BCUT2D eigenvalue weighted by atomic mass is 32.2. The van der Waals surface area contributed by atoms with Gasteiger partial charge in [0.25, 0.3) is 0 Å². The minimum Gasteiger partial charge on any atom is -0.493 e. The molecule has 1 aliphatic heterocycles. The van der Waals surface area contributed by atoms with Gasteiger partial charge in [-0.25, -0.2) is 4.98 Å². The first kappa shape index (κ1) is 20.8. The minimum atomic E-state index is 0.0142. The quantitative estimate of drug-likeness (QED) is 0.569. The van der Waals surface area contributed by atoms with Crippen LogP contribution < -0.4 is 20.1 Å². The smallest absolute Gasteiger partial charge is 0.161 e. The van der Waals surface area contributed by atoms with Crippen LogP contribution >= 0.6 is 11.8 Å². The number of hydrogen-bond acceptors (Lipinski definition) is 7. The van der Waals surface area contributed by atoms with Crippen molar-refractivity contribution in [2.75, 3.05) is 31.9 Å². The summed E-state index contributed by atoms with van der Waals surface area (Å²) < 4.78 is 10.1. The van der Waals surface area contributed by atoms with Crippen LogP contribution in [-0.4, -0.2) is 31.4 Å². The molecule has 1 aromatic heterocycles.